The van der Waals surface area contributed by atoms with Crippen LogP contribution in [0.2, 0.25) is 0 Å². The summed E-state index contributed by atoms with van der Waals surface area (Å²) in [7, 11) is 4.27. The summed E-state index contributed by atoms with van der Waals surface area (Å²) in [5.74, 6) is 1.67. The van der Waals surface area contributed by atoms with Gasteiger partial charge in [-0.2, -0.15) is 0 Å². The Morgan fingerprint density at radius 2 is 1.41 bits per heavy atom. The molecule has 3 aromatic carbocycles. The van der Waals surface area contributed by atoms with Crippen LogP contribution in [0, 0.1) is 13.8 Å². The van der Waals surface area contributed by atoms with Crippen molar-refractivity contribution >= 4 is 17.1 Å². The molecule has 0 N–H and O–H groups in total. The highest BCUT2D eigenvalue weighted by Gasteiger charge is 2.38. The van der Waals surface area contributed by atoms with Crippen molar-refractivity contribution in [3.8, 4) is 11.5 Å². The zero-order valence-electron chi connectivity index (χ0n) is 21.0. The van der Waals surface area contributed by atoms with Crippen LogP contribution in [0.3, 0.4) is 0 Å². The summed E-state index contributed by atoms with van der Waals surface area (Å²) in [6, 6.07) is 21.2. The van der Waals surface area contributed by atoms with E-state index in [-0.39, 0.29) is 5.54 Å². The Bertz CT molecular complexity index is 1250. The second kappa shape index (κ2) is 8.41. The minimum Gasteiger partial charge on any atom is -0.457 e. The first-order chi connectivity index (χ1) is 16.2. The quantitative estimate of drug-likeness (QED) is 0.444. The average Bonchev–Trinajstić information content (AvgIpc) is 3.25. The van der Waals surface area contributed by atoms with Gasteiger partial charge in [-0.1, -0.05) is 24.3 Å². The molecule has 3 aromatic rings. The lowest BCUT2D eigenvalue weighted by Gasteiger charge is -2.48. The molecule has 0 saturated carbocycles. The van der Waals surface area contributed by atoms with Gasteiger partial charge in [-0.3, -0.25) is 4.90 Å². The van der Waals surface area contributed by atoms with E-state index in [0.29, 0.717) is 0 Å². The molecule has 0 aliphatic carbocycles. The first-order valence-corrected chi connectivity index (χ1v) is 11.9. The molecule has 0 radical (unpaired) electrons. The van der Waals surface area contributed by atoms with Gasteiger partial charge in [0, 0.05) is 48.5 Å². The van der Waals surface area contributed by atoms with E-state index in [2.05, 4.69) is 116 Å². The van der Waals surface area contributed by atoms with Crippen LogP contribution in [-0.2, 0) is 5.54 Å². The van der Waals surface area contributed by atoms with Gasteiger partial charge in [0.15, 0.2) is 0 Å². The molecular formula is C29H34N4O. The maximum atomic E-state index is 6.34. The Morgan fingerprint density at radius 3 is 2.09 bits per heavy atom. The van der Waals surface area contributed by atoms with Crippen molar-refractivity contribution in [2.24, 2.45) is 0 Å². The Kier molecular flexibility index (Phi) is 5.53. The largest absolute Gasteiger partial charge is 0.457 e. The highest BCUT2D eigenvalue weighted by molar-refractivity contribution is 5.74. The molecule has 2 aliphatic heterocycles. The number of nitrogens with zero attached hydrogens (tertiary/aromatic N) is 4. The van der Waals surface area contributed by atoms with Crippen LogP contribution < -0.4 is 14.5 Å². The summed E-state index contributed by atoms with van der Waals surface area (Å²) >= 11 is 0. The summed E-state index contributed by atoms with van der Waals surface area (Å²) in [6.45, 7) is 10.7. The standard InChI is InChI=1S/C29H34N4O/c1-21-13-14-22(2)28-27(21)29(3,4)31(6)20-33(28)24-10-8-12-26(18-24)34-25-11-7-9-23(17-25)32-16-15-30(5)19-32/h7-18H,19-20H2,1-6H3. The Hall–Kier alpha value is -3.44. The molecule has 0 fully saturated rings. The molecule has 5 rings (SSSR count). The number of benzene rings is 3. The fourth-order valence-electron chi connectivity index (χ4n) is 5.05. The van der Waals surface area contributed by atoms with Gasteiger partial charge in [0.25, 0.3) is 0 Å². The number of anilines is 3. The van der Waals surface area contributed by atoms with Gasteiger partial charge in [0.05, 0.1) is 19.0 Å². The second-order valence-corrected chi connectivity index (χ2v) is 10.0. The first-order valence-electron chi connectivity index (χ1n) is 11.9. The van der Waals surface area contributed by atoms with Gasteiger partial charge in [0.2, 0.25) is 0 Å². The lowest BCUT2D eigenvalue weighted by atomic mass is 9.83. The highest BCUT2D eigenvalue weighted by Crippen LogP contribution is 2.46. The van der Waals surface area contributed by atoms with E-state index < -0.39 is 0 Å². The molecule has 2 aliphatic rings. The Morgan fingerprint density at radius 1 is 0.765 bits per heavy atom. The summed E-state index contributed by atoms with van der Waals surface area (Å²) in [5, 5.41) is 0. The lowest BCUT2D eigenvalue weighted by Crippen LogP contribution is -2.50. The number of aryl methyl sites for hydroxylation is 2. The maximum absolute atomic E-state index is 6.34. The molecule has 0 unspecified atom stereocenters. The van der Waals surface area contributed by atoms with Crippen LogP contribution >= 0.6 is 0 Å². The van der Waals surface area contributed by atoms with Gasteiger partial charge in [0.1, 0.15) is 11.5 Å². The van der Waals surface area contributed by atoms with E-state index in [1.165, 1.54) is 22.4 Å². The van der Waals surface area contributed by atoms with E-state index in [1.807, 2.05) is 18.2 Å². The molecule has 5 nitrogen and oxygen atoms in total. The van der Waals surface area contributed by atoms with Gasteiger partial charge in [-0.05, 0) is 75.7 Å². The van der Waals surface area contributed by atoms with Crippen molar-refractivity contribution in [3.05, 3.63) is 89.8 Å². The van der Waals surface area contributed by atoms with Crippen LogP contribution in [0.25, 0.3) is 0 Å². The number of hydrogen-bond acceptors (Lipinski definition) is 5. The first kappa shape index (κ1) is 22.4. The fraction of sp³-hybridized carbons (Fsp3) is 0.310. The Labute approximate surface area is 203 Å². The van der Waals surface area contributed by atoms with Gasteiger partial charge in [-0.25, -0.2) is 0 Å². The fourth-order valence-corrected chi connectivity index (χ4v) is 5.05. The minimum absolute atomic E-state index is 0.0332. The summed E-state index contributed by atoms with van der Waals surface area (Å²) in [4.78, 5) is 9.18. The van der Waals surface area contributed by atoms with Crippen LogP contribution in [0.5, 0.6) is 11.5 Å². The third kappa shape index (κ3) is 3.90. The van der Waals surface area contributed by atoms with Crippen LogP contribution in [0.1, 0.15) is 30.5 Å². The van der Waals surface area contributed by atoms with Crippen LogP contribution in [0.15, 0.2) is 73.1 Å². The molecule has 5 heteroatoms. The molecule has 0 amide bonds. The monoisotopic (exact) mass is 454 g/mol. The Balaban J connectivity index is 1.47. The van der Waals surface area contributed by atoms with Gasteiger partial charge < -0.3 is 19.4 Å². The summed E-state index contributed by atoms with van der Waals surface area (Å²) in [5.41, 5.74) is 7.55. The number of hydrogen-bond donors (Lipinski definition) is 0. The van der Waals surface area contributed by atoms with E-state index in [4.69, 9.17) is 4.74 Å². The SMILES string of the molecule is Cc1ccc(C)c2c1N(c1cccc(Oc3cccc(N4C=CN(C)C4)c3)c1)CN(C)C2(C)C. The lowest BCUT2D eigenvalue weighted by molar-refractivity contribution is 0.149. The van der Waals surface area contributed by atoms with Crippen molar-refractivity contribution in [2.45, 2.75) is 33.2 Å². The van der Waals surface area contributed by atoms with E-state index in [0.717, 1.165) is 36.2 Å². The molecule has 0 aromatic heterocycles. The molecule has 0 bridgehead atoms. The topological polar surface area (TPSA) is 22.2 Å². The van der Waals surface area contributed by atoms with Crippen molar-refractivity contribution in [3.63, 3.8) is 0 Å². The van der Waals surface area contributed by atoms with E-state index >= 15 is 0 Å². The highest BCUT2D eigenvalue weighted by atomic mass is 16.5. The van der Waals surface area contributed by atoms with Crippen LogP contribution in [-0.4, -0.2) is 37.2 Å². The molecule has 0 spiro atoms. The van der Waals surface area contributed by atoms with Crippen molar-refractivity contribution in [1.29, 1.82) is 0 Å². The molecule has 176 valence electrons. The maximum Gasteiger partial charge on any atom is 0.129 e. The third-order valence-corrected chi connectivity index (χ3v) is 7.17. The second-order valence-electron chi connectivity index (χ2n) is 10.0. The zero-order chi connectivity index (χ0) is 24.0. The summed E-state index contributed by atoms with van der Waals surface area (Å²) in [6.07, 6.45) is 4.17. The van der Waals surface area contributed by atoms with Crippen molar-refractivity contribution in [1.82, 2.24) is 9.80 Å². The average molecular weight is 455 g/mol. The molecule has 2 heterocycles. The smallest absolute Gasteiger partial charge is 0.129 e. The van der Waals surface area contributed by atoms with Gasteiger partial charge >= 0.3 is 0 Å². The number of ether oxygens (including phenoxy) is 1. The molecule has 34 heavy (non-hydrogen) atoms. The minimum atomic E-state index is -0.0332. The molecular weight excluding hydrogens is 420 g/mol. The van der Waals surface area contributed by atoms with E-state index in [9.17, 15) is 0 Å². The van der Waals surface area contributed by atoms with E-state index in [1.54, 1.807) is 0 Å². The predicted molar refractivity (Wildman–Crippen MR) is 141 cm³/mol. The normalized spacial score (nSPS) is 17.3. The molecule has 0 saturated heterocycles. The number of fused-ring (bicyclic) bond motifs is 1. The summed E-state index contributed by atoms with van der Waals surface area (Å²) < 4.78 is 6.34. The van der Waals surface area contributed by atoms with Gasteiger partial charge in [-0.15, -0.1) is 0 Å². The molecule has 0 atom stereocenters. The predicted octanol–water partition coefficient (Wildman–Crippen LogP) is 6.55. The van der Waals surface area contributed by atoms with Crippen LogP contribution in [0.4, 0.5) is 17.1 Å². The van der Waals surface area contributed by atoms with Crippen molar-refractivity contribution < 1.29 is 4.74 Å². The number of rotatable bonds is 4. The zero-order valence-corrected chi connectivity index (χ0v) is 21.0. The van der Waals surface area contributed by atoms with Crippen molar-refractivity contribution in [2.75, 3.05) is 37.2 Å². The third-order valence-electron chi connectivity index (χ3n) is 7.17.